The Labute approximate surface area is 218 Å². The largest absolute Gasteiger partial charge is 0.364 e. The van der Waals surface area contributed by atoms with Crippen LogP contribution in [0.15, 0.2) is 77.9 Å². The van der Waals surface area contributed by atoms with E-state index in [0.29, 0.717) is 36.4 Å². The second-order valence-corrected chi connectivity index (χ2v) is 9.72. The molecule has 5 aromatic rings. The van der Waals surface area contributed by atoms with Crippen LogP contribution in [0, 0.1) is 17.1 Å². The lowest BCUT2D eigenvalue weighted by Gasteiger charge is -2.44. The molecule has 8 nitrogen and oxygen atoms in total. The van der Waals surface area contributed by atoms with Gasteiger partial charge in [0.2, 0.25) is 0 Å². The lowest BCUT2D eigenvalue weighted by atomic mass is 9.96. The summed E-state index contributed by atoms with van der Waals surface area (Å²) < 4.78 is 17.3. The number of pyridine rings is 3. The molecule has 1 unspecified atom stereocenters. The molecule has 6 rings (SSSR count). The highest BCUT2D eigenvalue weighted by Gasteiger charge is 2.33. The number of anilines is 1. The molecule has 0 N–H and O–H groups in total. The number of benzene rings is 1. The van der Waals surface area contributed by atoms with E-state index in [9.17, 15) is 14.4 Å². The van der Waals surface area contributed by atoms with Gasteiger partial charge in [0.15, 0.2) is 0 Å². The molecule has 5 heterocycles. The van der Waals surface area contributed by atoms with Gasteiger partial charge in [-0.15, -0.1) is 0 Å². The van der Waals surface area contributed by atoms with Gasteiger partial charge < -0.3 is 9.47 Å². The van der Waals surface area contributed by atoms with Crippen molar-refractivity contribution in [2.24, 2.45) is 7.05 Å². The number of nitrogens with zero attached hydrogens (tertiary/aromatic N) is 7. The average molecular weight is 508 g/mol. The molecular formula is C29H26FN7O. The van der Waals surface area contributed by atoms with Gasteiger partial charge in [0.25, 0.3) is 5.56 Å². The van der Waals surface area contributed by atoms with Gasteiger partial charge in [-0.3, -0.25) is 9.69 Å². The number of halogens is 1. The Bertz CT molecular complexity index is 1750. The molecule has 1 aromatic carbocycles. The summed E-state index contributed by atoms with van der Waals surface area (Å²) in [6, 6.07) is 19.7. The zero-order valence-electron chi connectivity index (χ0n) is 21.1. The quantitative estimate of drug-likeness (QED) is 0.367. The van der Waals surface area contributed by atoms with E-state index >= 15 is 0 Å². The van der Waals surface area contributed by atoms with Crippen LogP contribution in [-0.4, -0.2) is 49.7 Å². The first kappa shape index (κ1) is 23.8. The molecule has 190 valence electrons. The minimum absolute atomic E-state index is 0.0383. The standard InChI is InChI=1S/C29H26FN7O/c1-19-18-35(13-14-36(19)26-15-27(38)34(2)25-11-10-22(16-31)33-28(25)26)29(20-6-8-21(30)9-7-20)23-17-32-37-12-4-3-5-24(23)37/h3-12,15,17,19,29H,13-14,18H2,1-2H3/t19-,29?/m0/s1. The van der Waals surface area contributed by atoms with Gasteiger partial charge in [-0.05, 0) is 48.9 Å². The van der Waals surface area contributed by atoms with Crippen LogP contribution in [0.1, 0.15) is 29.8 Å². The molecule has 38 heavy (non-hydrogen) atoms. The van der Waals surface area contributed by atoms with Gasteiger partial charge in [0.1, 0.15) is 23.1 Å². The van der Waals surface area contributed by atoms with Crippen LogP contribution in [0.5, 0.6) is 0 Å². The Kier molecular flexibility index (Phi) is 5.89. The monoisotopic (exact) mass is 507 g/mol. The van der Waals surface area contributed by atoms with Gasteiger partial charge >= 0.3 is 0 Å². The van der Waals surface area contributed by atoms with E-state index < -0.39 is 0 Å². The molecule has 9 heteroatoms. The number of rotatable bonds is 4. The van der Waals surface area contributed by atoms with E-state index in [4.69, 9.17) is 0 Å². The molecule has 1 aliphatic rings. The van der Waals surface area contributed by atoms with Crippen LogP contribution in [0.25, 0.3) is 16.6 Å². The molecular weight excluding hydrogens is 481 g/mol. The van der Waals surface area contributed by atoms with Crippen molar-refractivity contribution in [1.29, 1.82) is 5.26 Å². The van der Waals surface area contributed by atoms with Crippen molar-refractivity contribution in [3.05, 3.63) is 106 Å². The van der Waals surface area contributed by atoms with Gasteiger partial charge in [-0.2, -0.15) is 10.4 Å². The molecule has 0 aliphatic carbocycles. The van der Waals surface area contributed by atoms with Crippen LogP contribution >= 0.6 is 0 Å². The zero-order chi connectivity index (χ0) is 26.4. The smallest absolute Gasteiger partial charge is 0.252 e. The van der Waals surface area contributed by atoms with E-state index in [0.717, 1.165) is 22.3 Å². The maximum Gasteiger partial charge on any atom is 0.252 e. The molecule has 0 amide bonds. The number of aryl methyl sites for hydroxylation is 1. The van der Waals surface area contributed by atoms with Gasteiger partial charge in [0, 0.05) is 50.6 Å². The lowest BCUT2D eigenvalue weighted by molar-refractivity contribution is 0.189. The Balaban J connectivity index is 1.39. The Hall–Kier alpha value is -4.55. The summed E-state index contributed by atoms with van der Waals surface area (Å²) in [6.45, 7) is 4.17. The fraction of sp³-hybridized carbons (Fsp3) is 0.241. The summed E-state index contributed by atoms with van der Waals surface area (Å²) in [5, 5.41) is 14.0. The third-order valence-corrected chi connectivity index (χ3v) is 7.45. The zero-order valence-corrected chi connectivity index (χ0v) is 21.1. The van der Waals surface area contributed by atoms with Crippen molar-refractivity contribution in [2.75, 3.05) is 24.5 Å². The number of hydrogen-bond acceptors (Lipinski definition) is 6. The Morgan fingerprint density at radius 2 is 1.89 bits per heavy atom. The normalized spacial score (nSPS) is 17.1. The first-order chi connectivity index (χ1) is 18.4. The van der Waals surface area contributed by atoms with Crippen molar-refractivity contribution < 1.29 is 4.39 Å². The fourth-order valence-corrected chi connectivity index (χ4v) is 5.57. The first-order valence-corrected chi connectivity index (χ1v) is 12.5. The summed E-state index contributed by atoms with van der Waals surface area (Å²) in [5.41, 5.74) is 5.31. The van der Waals surface area contributed by atoms with Crippen LogP contribution in [0.3, 0.4) is 0 Å². The molecule has 1 fully saturated rings. The van der Waals surface area contributed by atoms with E-state index in [1.54, 1.807) is 29.8 Å². The topological polar surface area (TPSA) is 82.5 Å². The molecule has 4 aromatic heterocycles. The molecule has 0 bridgehead atoms. The second-order valence-electron chi connectivity index (χ2n) is 9.72. The second kappa shape index (κ2) is 9.39. The summed E-state index contributed by atoms with van der Waals surface area (Å²) in [7, 11) is 1.72. The Morgan fingerprint density at radius 1 is 1.08 bits per heavy atom. The molecule has 0 spiro atoms. The Morgan fingerprint density at radius 3 is 2.66 bits per heavy atom. The van der Waals surface area contributed by atoms with Gasteiger partial charge in [0.05, 0.1) is 29.0 Å². The van der Waals surface area contributed by atoms with Crippen LogP contribution < -0.4 is 10.5 Å². The number of nitriles is 1. The molecule has 0 radical (unpaired) electrons. The predicted molar refractivity (Wildman–Crippen MR) is 144 cm³/mol. The minimum atomic E-state index is -0.271. The highest BCUT2D eigenvalue weighted by Crippen LogP contribution is 2.35. The number of piperazine rings is 1. The summed E-state index contributed by atoms with van der Waals surface area (Å²) >= 11 is 0. The van der Waals surface area contributed by atoms with Gasteiger partial charge in [-0.25, -0.2) is 13.9 Å². The van der Waals surface area contributed by atoms with E-state index in [2.05, 4.69) is 32.9 Å². The van der Waals surface area contributed by atoms with E-state index in [1.807, 2.05) is 47.2 Å². The third-order valence-electron chi connectivity index (χ3n) is 7.45. The maximum absolute atomic E-state index is 13.8. The van der Waals surface area contributed by atoms with Crippen molar-refractivity contribution in [3.63, 3.8) is 0 Å². The summed E-state index contributed by atoms with van der Waals surface area (Å²) in [6.07, 6.45) is 3.81. The molecule has 1 saturated heterocycles. The number of hydrogen-bond donors (Lipinski definition) is 0. The average Bonchev–Trinajstić information content (AvgIpc) is 3.36. The minimum Gasteiger partial charge on any atom is -0.364 e. The molecule has 0 saturated carbocycles. The molecule has 1 aliphatic heterocycles. The summed E-state index contributed by atoms with van der Waals surface area (Å²) in [5.74, 6) is -0.271. The van der Waals surface area contributed by atoms with Crippen molar-refractivity contribution >= 4 is 22.2 Å². The lowest BCUT2D eigenvalue weighted by Crippen LogP contribution is -2.53. The maximum atomic E-state index is 13.8. The SMILES string of the molecule is C[C@H]1CN(C(c2ccc(F)cc2)c2cnn3ccccc23)CCN1c1cc(=O)n(C)c2ccc(C#N)nc12. The van der Waals surface area contributed by atoms with Crippen molar-refractivity contribution in [2.45, 2.75) is 19.0 Å². The molecule has 2 atom stereocenters. The van der Waals surface area contributed by atoms with Crippen molar-refractivity contribution in [1.82, 2.24) is 24.1 Å². The highest BCUT2D eigenvalue weighted by molar-refractivity contribution is 5.89. The number of aromatic nitrogens is 4. The van der Waals surface area contributed by atoms with E-state index in [1.165, 1.54) is 12.1 Å². The first-order valence-electron chi connectivity index (χ1n) is 12.5. The highest BCUT2D eigenvalue weighted by atomic mass is 19.1. The van der Waals surface area contributed by atoms with Crippen LogP contribution in [-0.2, 0) is 7.05 Å². The van der Waals surface area contributed by atoms with Crippen molar-refractivity contribution in [3.8, 4) is 6.07 Å². The fourth-order valence-electron chi connectivity index (χ4n) is 5.57. The third kappa shape index (κ3) is 3.99. The van der Waals surface area contributed by atoms with Crippen LogP contribution in [0.2, 0.25) is 0 Å². The summed E-state index contributed by atoms with van der Waals surface area (Å²) in [4.78, 5) is 22.0. The number of fused-ring (bicyclic) bond motifs is 2. The van der Waals surface area contributed by atoms with E-state index in [-0.39, 0.29) is 23.5 Å². The van der Waals surface area contributed by atoms with Gasteiger partial charge in [-0.1, -0.05) is 18.2 Å². The predicted octanol–water partition coefficient (Wildman–Crippen LogP) is 3.89. The van der Waals surface area contributed by atoms with Crippen LogP contribution in [0.4, 0.5) is 10.1 Å².